The van der Waals surface area contributed by atoms with Gasteiger partial charge in [-0.1, -0.05) is 35.6 Å². The van der Waals surface area contributed by atoms with Crippen molar-refractivity contribution < 1.29 is 23.5 Å². The fourth-order valence-electron chi connectivity index (χ4n) is 3.32. The summed E-state index contributed by atoms with van der Waals surface area (Å²) < 4.78 is 26.3. The van der Waals surface area contributed by atoms with Gasteiger partial charge in [0, 0.05) is 0 Å². The molecular formula is C23H19FN2O4S. The van der Waals surface area contributed by atoms with Crippen LogP contribution in [0.4, 0.5) is 4.39 Å². The molecule has 31 heavy (non-hydrogen) atoms. The van der Waals surface area contributed by atoms with Crippen LogP contribution in [0.15, 0.2) is 59.6 Å². The molecule has 0 N–H and O–H groups in total. The van der Waals surface area contributed by atoms with Crippen molar-refractivity contribution in [2.45, 2.75) is 13.5 Å². The molecule has 0 saturated heterocycles. The number of halogens is 1. The van der Waals surface area contributed by atoms with Crippen LogP contribution in [-0.4, -0.2) is 30.2 Å². The molecule has 0 fully saturated rings. The van der Waals surface area contributed by atoms with Crippen LogP contribution in [0.25, 0.3) is 21.0 Å². The first-order valence-corrected chi connectivity index (χ1v) is 10.4. The van der Waals surface area contributed by atoms with E-state index < -0.39 is 17.7 Å². The molecule has 4 aromatic rings. The Morgan fingerprint density at radius 3 is 2.55 bits per heavy atom. The van der Waals surface area contributed by atoms with E-state index in [4.69, 9.17) is 9.47 Å². The third-order valence-electron chi connectivity index (χ3n) is 4.73. The highest BCUT2D eigenvalue weighted by Gasteiger charge is 2.16. The average molecular weight is 438 g/mol. The highest BCUT2D eigenvalue weighted by Crippen LogP contribution is 2.27. The van der Waals surface area contributed by atoms with Gasteiger partial charge >= 0.3 is 5.97 Å². The minimum Gasteiger partial charge on any atom is -0.496 e. The highest BCUT2D eigenvalue weighted by molar-refractivity contribution is 7.16. The fraction of sp³-hybridized carbons (Fsp3) is 0.174. The van der Waals surface area contributed by atoms with Gasteiger partial charge in [-0.05, 0) is 48.0 Å². The zero-order valence-electron chi connectivity index (χ0n) is 16.9. The topological polar surface area (TPSA) is 69.9 Å². The minimum absolute atomic E-state index is 0.138. The predicted octanol–water partition coefficient (Wildman–Crippen LogP) is 4.31. The molecular weight excluding hydrogens is 419 g/mol. The number of fused-ring (bicyclic) bond motifs is 2. The Kier molecular flexibility index (Phi) is 5.81. The van der Waals surface area contributed by atoms with Crippen LogP contribution < -0.4 is 9.54 Å². The van der Waals surface area contributed by atoms with Crippen LogP contribution in [-0.2, 0) is 16.1 Å². The smallest absolute Gasteiger partial charge is 0.326 e. The molecule has 0 bridgehead atoms. The number of rotatable bonds is 5. The van der Waals surface area contributed by atoms with Crippen molar-refractivity contribution in [3.63, 3.8) is 0 Å². The summed E-state index contributed by atoms with van der Waals surface area (Å²) in [5.74, 6) is -1.00. The second-order valence-electron chi connectivity index (χ2n) is 6.70. The number of ether oxygens (including phenoxy) is 2. The Morgan fingerprint density at radius 1 is 1.10 bits per heavy atom. The monoisotopic (exact) mass is 438 g/mol. The number of methoxy groups -OCH3 is 1. The minimum atomic E-state index is -0.521. The predicted molar refractivity (Wildman–Crippen MR) is 117 cm³/mol. The lowest BCUT2D eigenvalue weighted by atomic mass is 10.1. The summed E-state index contributed by atoms with van der Waals surface area (Å²) in [7, 11) is 1.49. The van der Waals surface area contributed by atoms with Crippen molar-refractivity contribution in [2.75, 3.05) is 13.7 Å². The first-order chi connectivity index (χ1) is 15.0. The van der Waals surface area contributed by atoms with Gasteiger partial charge in [-0.25, -0.2) is 4.39 Å². The van der Waals surface area contributed by atoms with E-state index in [9.17, 15) is 14.0 Å². The van der Waals surface area contributed by atoms with E-state index in [-0.39, 0.29) is 18.0 Å². The summed E-state index contributed by atoms with van der Waals surface area (Å²) in [6.07, 6.45) is 0. The van der Waals surface area contributed by atoms with E-state index in [1.165, 1.54) is 19.2 Å². The lowest BCUT2D eigenvalue weighted by Gasteiger charge is -2.08. The molecule has 0 spiro atoms. The molecule has 0 unspecified atom stereocenters. The maximum absolute atomic E-state index is 13.7. The average Bonchev–Trinajstić information content (AvgIpc) is 3.08. The van der Waals surface area contributed by atoms with Gasteiger partial charge in [-0.3, -0.25) is 9.59 Å². The molecule has 0 aliphatic carbocycles. The Hall–Kier alpha value is -3.52. The number of nitrogens with zero attached hydrogens (tertiary/aromatic N) is 2. The summed E-state index contributed by atoms with van der Waals surface area (Å²) in [4.78, 5) is 29.7. The van der Waals surface area contributed by atoms with Crippen LogP contribution >= 0.6 is 11.3 Å². The van der Waals surface area contributed by atoms with E-state index >= 15 is 0 Å². The molecule has 6 nitrogen and oxygen atoms in total. The summed E-state index contributed by atoms with van der Waals surface area (Å²) in [5, 5.41) is 1.81. The SMILES string of the molecule is CCOC(=O)Cn1c(=NC(=O)c2cc3ccccc3cc2OC)sc2cc(F)ccc21. The molecule has 1 aromatic heterocycles. The molecule has 8 heteroatoms. The van der Waals surface area contributed by atoms with Gasteiger partial charge in [-0.15, -0.1) is 0 Å². The van der Waals surface area contributed by atoms with Crippen molar-refractivity contribution in [3.8, 4) is 5.75 Å². The van der Waals surface area contributed by atoms with E-state index in [2.05, 4.69) is 4.99 Å². The second-order valence-corrected chi connectivity index (χ2v) is 7.71. The number of esters is 1. The van der Waals surface area contributed by atoms with Crippen LogP contribution in [0.5, 0.6) is 5.75 Å². The maximum atomic E-state index is 13.7. The van der Waals surface area contributed by atoms with E-state index in [1.807, 2.05) is 24.3 Å². The summed E-state index contributed by atoms with van der Waals surface area (Å²) in [5.41, 5.74) is 0.893. The lowest BCUT2D eigenvalue weighted by Crippen LogP contribution is -2.23. The zero-order valence-corrected chi connectivity index (χ0v) is 17.7. The molecule has 158 valence electrons. The zero-order chi connectivity index (χ0) is 22.0. The van der Waals surface area contributed by atoms with Gasteiger partial charge in [-0.2, -0.15) is 4.99 Å². The summed E-state index contributed by atoms with van der Waals surface area (Å²) >= 11 is 1.13. The number of amides is 1. The number of benzene rings is 3. The third-order valence-corrected chi connectivity index (χ3v) is 5.77. The van der Waals surface area contributed by atoms with Gasteiger partial charge in [0.1, 0.15) is 18.1 Å². The summed E-state index contributed by atoms with van der Waals surface area (Å²) in [6, 6.07) is 15.3. The highest BCUT2D eigenvalue weighted by atomic mass is 32.1. The molecule has 0 atom stereocenters. The van der Waals surface area contributed by atoms with Gasteiger partial charge < -0.3 is 14.0 Å². The van der Waals surface area contributed by atoms with Crippen molar-refractivity contribution in [2.24, 2.45) is 4.99 Å². The number of hydrogen-bond acceptors (Lipinski definition) is 5. The maximum Gasteiger partial charge on any atom is 0.326 e. The molecule has 3 aromatic carbocycles. The van der Waals surface area contributed by atoms with Crippen molar-refractivity contribution in [1.82, 2.24) is 4.57 Å². The van der Waals surface area contributed by atoms with Crippen molar-refractivity contribution in [1.29, 1.82) is 0 Å². The molecule has 4 rings (SSSR count). The Labute approximate surface area is 181 Å². The second kappa shape index (κ2) is 8.69. The van der Waals surface area contributed by atoms with Crippen LogP contribution in [0.1, 0.15) is 17.3 Å². The first kappa shape index (κ1) is 20.7. The van der Waals surface area contributed by atoms with Crippen LogP contribution in [0.3, 0.4) is 0 Å². The normalized spacial score (nSPS) is 11.8. The molecule has 0 radical (unpaired) electrons. The van der Waals surface area contributed by atoms with E-state index in [0.29, 0.717) is 21.5 Å². The molecule has 0 saturated carbocycles. The number of thiazole rings is 1. The van der Waals surface area contributed by atoms with Crippen LogP contribution in [0, 0.1) is 5.82 Å². The lowest BCUT2D eigenvalue weighted by molar-refractivity contribution is -0.143. The fourth-order valence-corrected chi connectivity index (χ4v) is 4.38. The quantitative estimate of drug-likeness (QED) is 0.436. The molecule has 1 heterocycles. The molecule has 1 amide bonds. The van der Waals surface area contributed by atoms with E-state index in [0.717, 1.165) is 22.1 Å². The van der Waals surface area contributed by atoms with Gasteiger partial charge in [0.25, 0.3) is 5.91 Å². The van der Waals surface area contributed by atoms with Crippen molar-refractivity contribution in [3.05, 3.63) is 70.8 Å². The molecule has 0 aliphatic heterocycles. The molecule has 0 aliphatic rings. The van der Waals surface area contributed by atoms with E-state index in [1.54, 1.807) is 29.7 Å². The first-order valence-electron chi connectivity index (χ1n) is 9.60. The third kappa shape index (κ3) is 4.20. The van der Waals surface area contributed by atoms with Gasteiger partial charge in [0.15, 0.2) is 4.80 Å². The standard InChI is InChI=1S/C23H19FN2O4S/c1-3-30-21(27)13-26-18-9-8-16(24)12-20(18)31-23(26)25-22(28)17-10-14-6-4-5-7-15(14)11-19(17)29-2/h4-12H,3,13H2,1-2H3. The largest absolute Gasteiger partial charge is 0.496 e. The number of carbonyl (C=O) groups excluding carboxylic acids is 2. The number of carbonyl (C=O) groups is 2. The Bertz CT molecular complexity index is 1370. The van der Waals surface area contributed by atoms with Gasteiger partial charge in [0.05, 0.1) is 29.5 Å². The number of hydrogen-bond donors (Lipinski definition) is 0. The van der Waals surface area contributed by atoms with Crippen LogP contribution in [0.2, 0.25) is 0 Å². The van der Waals surface area contributed by atoms with Crippen molar-refractivity contribution >= 4 is 44.2 Å². The summed E-state index contributed by atoms with van der Waals surface area (Å²) in [6.45, 7) is 1.81. The Balaban J connectivity index is 1.86. The van der Waals surface area contributed by atoms with Gasteiger partial charge in [0.2, 0.25) is 0 Å². The number of aromatic nitrogens is 1. The Morgan fingerprint density at radius 2 is 1.84 bits per heavy atom.